The van der Waals surface area contributed by atoms with Gasteiger partial charge in [-0.3, -0.25) is 0 Å². The standard InChI is InChI=1S/C15H23N3O/c1-4-9-18-14-6-5-12(19-3)10-13(14)17-15(18)11(2)7-8-16/h5-6,10-11H,4,7-9,16H2,1-3H3. The van der Waals surface area contributed by atoms with Crippen LogP contribution in [0.25, 0.3) is 11.0 Å². The molecule has 0 amide bonds. The molecule has 2 N–H and O–H groups in total. The molecule has 0 aliphatic carbocycles. The van der Waals surface area contributed by atoms with E-state index in [0.717, 1.165) is 36.5 Å². The number of hydrogen-bond donors (Lipinski definition) is 1. The van der Waals surface area contributed by atoms with Crippen molar-refractivity contribution >= 4 is 11.0 Å². The van der Waals surface area contributed by atoms with Gasteiger partial charge in [-0.1, -0.05) is 13.8 Å². The number of rotatable bonds is 6. The number of hydrogen-bond acceptors (Lipinski definition) is 3. The largest absolute Gasteiger partial charge is 0.497 e. The van der Waals surface area contributed by atoms with Gasteiger partial charge in [0.15, 0.2) is 0 Å². The molecule has 0 spiro atoms. The Kier molecular flexibility index (Phi) is 4.43. The number of benzene rings is 1. The van der Waals surface area contributed by atoms with Crippen LogP contribution < -0.4 is 10.5 Å². The molecule has 19 heavy (non-hydrogen) atoms. The van der Waals surface area contributed by atoms with Crippen LogP contribution in [0, 0.1) is 0 Å². The average molecular weight is 261 g/mol. The molecule has 4 heteroatoms. The fourth-order valence-electron chi connectivity index (χ4n) is 2.47. The lowest BCUT2D eigenvalue weighted by molar-refractivity contribution is 0.415. The SMILES string of the molecule is CCCn1c(C(C)CCN)nc2cc(OC)ccc21. The van der Waals surface area contributed by atoms with Crippen molar-refractivity contribution in [2.24, 2.45) is 5.73 Å². The second-order valence-corrected chi connectivity index (χ2v) is 4.95. The highest BCUT2D eigenvalue weighted by Gasteiger charge is 2.16. The third-order valence-corrected chi connectivity index (χ3v) is 3.47. The minimum Gasteiger partial charge on any atom is -0.497 e. The van der Waals surface area contributed by atoms with Crippen LogP contribution in [0.5, 0.6) is 5.75 Å². The van der Waals surface area contributed by atoms with Gasteiger partial charge in [-0.05, 0) is 31.5 Å². The molecule has 1 atom stereocenters. The number of imidazole rings is 1. The highest BCUT2D eigenvalue weighted by Crippen LogP contribution is 2.26. The Balaban J connectivity index is 2.51. The fourth-order valence-corrected chi connectivity index (χ4v) is 2.47. The Hall–Kier alpha value is -1.55. The predicted octanol–water partition coefficient (Wildman–Crippen LogP) is 2.91. The first-order valence-corrected chi connectivity index (χ1v) is 6.95. The van der Waals surface area contributed by atoms with Gasteiger partial charge >= 0.3 is 0 Å². The molecule has 0 saturated heterocycles. The van der Waals surface area contributed by atoms with E-state index in [9.17, 15) is 0 Å². The summed E-state index contributed by atoms with van der Waals surface area (Å²) in [6, 6.07) is 6.09. The van der Waals surface area contributed by atoms with Gasteiger partial charge in [0.25, 0.3) is 0 Å². The number of aromatic nitrogens is 2. The molecule has 4 nitrogen and oxygen atoms in total. The van der Waals surface area contributed by atoms with Crippen molar-refractivity contribution in [3.8, 4) is 5.75 Å². The van der Waals surface area contributed by atoms with Gasteiger partial charge in [0.05, 0.1) is 18.1 Å². The van der Waals surface area contributed by atoms with Crippen LogP contribution in [0.4, 0.5) is 0 Å². The number of methoxy groups -OCH3 is 1. The maximum absolute atomic E-state index is 5.67. The van der Waals surface area contributed by atoms with Crippen molar-refractivity contribution in [1.29, 1.82) is 0 Å². The van der Waals surface area contributed by atoms with Crippen LogP contribution in [-0.4, -0.2) is 23.2 Å². The van der Waals surface area contributed by atoms with Crippen LogP contribution in [0.1, 0.15) is 38.4 Å². The molecule has 1 aromatic heterocycles. The second-order valence-electron chi connectivity index (χ2n) is 4.95. The van der Waals surface area contributed by atoms with Gasteiger partial charge in [0.2, 0.25) is 0 Å². The van der Waals surface area contributed by atoms with Crippen LogP contribution >= 0.6 is 0 Å². The normalized spacial score (nSPS) is 12.8. The molecule has 0 saturated carbocycles. The molecular weight excluding hydrogens is 238 g/mol. The van der Waals surface area contributed by atoms with Crippen molar-refractivity contribution in [3.05, 3.63) is 24.0 Å². The molecule has 0 radical (unpaired) electrons. The van der Waals surface area contributed by atoms with E-state index in [4.69, 9.17) is 15.5 Å². The molecule has 0 bridgehead atoms. The zero-order valence-electron chi connectivity index (χ0n) is 12.0. The van der Waals surface area contributed by atoms with Gasteiger partial charge in [0, 0.05) is 18.5 Å². The van der Waals surface area contributed by atoms with Crippen molar-refractivity contribution in [1.82, 2.24) is 9.55 Å². The molecule has 0 fully saturated rings. The quantitative estimate of drug-likeness (QED) is 0.870. The van der Waals surface area contributed by atoms with Gasteiger partial charge in [-0.2, -0.15) is 0 Å². The summed E-state index contributed by atoms with van der Waals surface area (Å²) in [5, 5.41) is 0. The second kappa shape index (κ2) is 6.06. The summed E-state index contributed by atoms with van der Waals surface area (Å²) in [7, 11) is 1.68. The summed E-state index contributed by atoms with van der Waals surface area (Å²) in [6.07, 6.45) is 2.06. The number of aryl methyl sites for hydroxylation is 1. The first-order chi connectivity index (χ1) is 9.21. The lowest BCUT2D eigenvalue weighted by Crippen LogP contribution is -2.11. The summed E-state index contributed by atoms with van der Waals surface area (Å²) >= 11 is 0. The van der Waals surface area contributed by atoms with Gasteiger partial charge in [-0.15, -0.1) is 0 Å². The summed E-state index contributed by atoms with van der Waals surface area (Å²) < 4.78 is 7.58. The van der Waals surface area contributed by atoms with E-state index in [1.54, 1.807) is 7.11 Å². The van der Waals surface area contributed by atoms with Crippen LogP contribution in [0.2, 0.25) is 0 Å². The van der Waals surface area contributed by atoms with Crippen LogP contribution in [-0.2, 0) is 6.54 Å². The molecule has 1 heterocycles. The minimum absolute atomic E-state index is 0.384. The molecule has 2 rings (SSSR count). The third kappa shape index (κ3) is 2.73. The molecule has 1 unspecified atom stereocenters. The van der Waals surface area contributed by atoms with Crippen LogP contribution in [0.3, 0.4) is 0 Å². The molecule has 0 aliphatic heterocycles. The Morgan fingerprint density at radius 1 is 1.42 bits per heavy atom. The van der Waals surface area contributed by atoms with Crippen molar-refractivity contribution in [2.45, 2.75) is 39.2 Å². The van der Waals surface area contributed by atoms with Gasteiger partial charge in [0.1, 0.15) is 11.6 Å². The maximum atomic E-state index is 5.67. The zero-order valence-corrected chi connectivity index (χ0v) is 12.0. The summed E-state index contributed by atoms with van der Waals surface area (Å²) in [4.78, 5) is 4.79. The van der Waals surface area contributed by atoms with Crippen LogP contribution in [0.15, 0.2) is 18.2 Å². The Morgan fingerprint density at radius 2 is 2.21 bits per heavy atom. The zero-order chi connectivity index (χ0) is 13.8. The monoisotopic (exact) mass is 261 g/mol. The van der Waals surface area contributed by atoms with Crippen molar-refractivity contribution < 1.29 is 4.74 Å². The summed E-state index contributed by atoms with van der Waals surface area (Å²) in [6.45, 7) is 6.07. The molecule has 104 valence electrons. The Labute approximate surface area is 114 Å². The maximum Gasteiger partial charge on any atom is 0.121 e. The molecule has 2 aromatic rings. The topological polar surface area (TPSA) is 53.1 Å². The highest BCUT2D eigenvalue weighted by atomic mass is 16.5. The smallest absolute Gasteiger partial charge is 0.121 e. The van der Waals surface area contributed by atoms with Gasteiger partial charge in [-0.25, -0.2) is 4.98 Å². The Morgan fingerprint density at radius 3 is 2.84 bits per heavy atom. The highest BCUT2D eigenvalue weighted by molar-refractivity contribution is 5.78. The van der Waals surface area contributed by atoms with E-state index >= 15 is 0 Å². The minimum atomic E-state index is 0.384. The molecule has 1 aromatic carbocycles. The van der Waals surface area contributed by atoms with Crippen molar-refractivity contribution in [2.75, 3.05) is 13.7 Å². The number of nitrogens with zero attached hydrogens (tertiary/aromatic N) is 2. The van der Waals surface area contributed by atoms with E-state index in [-0.39, 0.29) is 0 Å². The first-order valence-electron chi connectivity index (χ1n) is 6.95. The average Bonchev–Trinajstić information content (AvgIpc) is 2.77. The Bertz CT molecular complexity index is 548. The van der Waals surface area contributed by atoms with E-state index in [1.807, 2.05) is 12.1 Å². The van der Waals surface area contributed by atoms with Crippen molar-refractivity contribution in [3.63, 3.8) is 0 Å². The van der Waals surface area contributed by atoms with E-state index in [1.165, 1.54) is 5.52 Å². The first kappa shape index (κ1) is 13.9. The number of ether oxygens (including phenoxy) is 1. The van der Waals surface area contributed by atoms with E-state index in [2.05, 4.69) is 24.5 Å². The molecular formula is C15H23N3O. The lowest BCUT2D eigenvalue weighted by atomic mass is 10.1. The van der Waals surface area contributed by atoms with E-state index < -0.39 is 0 Å². The lowest BCUT2D eigenvalue weighted by Gasteiger charge is -2.13. The number of fused-ring (bicyclic) bond motifs is 1. The summed E-state index contributed by atoms with van der Waals surface area (Å²) in [5.74, 6) is 2.37. The molecule has 0 aliphatic rings. The van der Waals surface area contributed by atoms with Gasteiger partial charge < -0.3 is 15.0 Å². The predicted molar refractivity (Wildman–Crippen MR) is 78.7 cm³/mol. The number of nitrogens with two attached hydrogens (primary N) is 1. The summed E-state index contributed by atoms with van der Waals surface area (Å²) in [5.41, 5.74) is 7.86. The third-order valence-electron chi connectivity index (χ3n) is 3.47. The van der Waals surface area contributed by atoms with E-state index in [0.29, 0.717) is 12.5 Å². The fraction of sp³-hybridized carbons (Fsp3) is 0.533.